The average molecular weight is 450 g/mol. The van der Waals surface area contributed by atoms with E-state index in [0.717, 1.165) is 5.69 Å². The first kappa shape index (κ1) is 22.7. The zero-order valence-electron chi connectivity index (χ0n) is 18.9. The minimum Gasteiger partial charge on any atom is -0.335 e. The van der Waals surface area contributed by atoms with E-state index in [0.29, 0.717) is 44.1 Å². The Balaban J connectivity index is 1.47. The third-order valence-electron chi connectivity index (χ3n) is 5.72. The highest BCUT2D eigenvalue weighted by Crippen LogP contribution is 2.20. The number of hydrogen-bond acceptors (Lipinski definition) is 4. The molecule has 1 saturated heterocycles. The molecule has 2 heterocycles. The molecule has 0 saturated carbocycles. The summed E-state index contributed by atoms with van der Waals surface area (Å²) in [6.07, 6.45) is 0. The molecule has 1 N–H and O–H groups in total. The lowest BCUT2D eigenvalue weighted by molar-refractivity contribution is -0.118. The zero-order valence-corrected chi connectivity index (χ0v) is 18.9. The SMILES string of the molecule is CC(C)C(=O)Nc1cc(C(=O)N2CCN(Cc3ccccc3F)CC2)nn1-c1ccccc1. The predicted octanol–water partition coefficient (Wildman–Crippen LogP) is 3.56. The number of para-hydroxylation sites is 1. The van der Waals surface area contributed by atoms with Crippen LogP contribution in [0.25, 0.3) is 5.69 Å². The van der Waals surface area contributed by atoms with Crippen LogP contribution in [0.5, 0.6) is 0 Å². The molecule has 1 fully saturated rings. The summed E-state index contributed by atoms with van der Waals surface area (Å²) in [5.41, 5.74) is 1.69. The Morgan fingerprint density at radius 1 is 1.00 bits per heavy atom. The third kappa shape index (κ3) is 5.28. The second-order valence-corrected chi connectivity index (χ2v) is 8.47. The first-order valence-electron chi connectivity index (χ1n) is 11.1. The average Bonchev–Trinajstić information content (AvgIpc) is 3.25. The monoisotopic (exact) mass is 449 g/mol. The van der Waals surface area contributed by atoms with Gasteiger partial charge in [0.05, 0.1) is 5.69 Å². The molecule has 3 aromatic rings. The maximum absolute atomic E-state index is 14.0. The summed E-state index contributed by atoms with van der Waals surface area (Å²) in [5.74, 6) is -0.284. The topological polar surface area (TPSA) is 70.5 Å². The molecule has 0 spiro atoms. The number of carbonyl (C=O) groups is 2. The minimum absolute atomic E-state index is 0.146. The second-order valence-electron chi connectivity index (χ2n) is 8.47. The van der Waals surface area contributed by atoms with E-state index in [2.05, 4.69) is 15.3 Å². The molecule has 0 unspecified atom stereocenters. The van der Waals surface area contributed by atoms with Crippen molar-refractivity contribution in [1.29, 1.82) is 0 Å². The number of piperazine rings is 1. The fourth-order valence-electron chi connectivity index (χ4n) is 3.75. The van der Waals surface area contributed by atoms with Gasteiger partial charge < -0.3 is 10.2 Å². The van der Waals surface area contributed by atoms with Crippen molar-refractivity contribution in [2.75, 3.05) is 31.5 Å². The van der Waals surface area contributed by atoms with Crippen LogP contribution in [0.3, 0.4) is 0 Å². The van der Waals surface area contributed by atoms with Crippen LogP contribution < -0.4 is 5.32 Å². The third-order valence-corrected chi connectivity index (χ3v) is 5.72. The van der Waals surface area contributed by atoms with Crippen LogP contribution in [0.15, 0.2) is 60.7 Å². The van der Waals surface area contributed by atoms with Gasteiger partial charge in [0.1, 0.15) is 11.6 Å². The zero-order chi connectivity index (χ0) is 23.4. The Morgan fingerprint density at radius 3 is 2.33 bits per heavy atom. The number of aromatic nitrogens is 2. The van der Waals surface area contributed by atoms with E-state index >= 15 is 0 Å². The fraction of sp³-hybridized carbons (Fsp3) is 0.320. The van der Waals surface area contributed by atoms with Crippen molar-refractivity contribution in [2.45, 2.75) is 20.4 Å². The van der Waals surface area contributed by atoms with Crippen molar-refractivity contribution in [1.82, 2.24) is 19.6 Å². The molecule has 1 aliphatic heterocycles. The number of rotatable bonds is 6. The van der Waals surface area contributed by atoms with Gasteiger partial charge in [-0.1, -0.05) is 50.2 Å². The smallest absolute Gasteiger partial charge is 0.274 e. The molecule has 33 heavy (non-hydrogen) atoms. The largest absolute Gasteiger partial charge is 0.335 e. The molecule has 2 aromatic carbocycles. The van der Waals surface area contributed by atoms with E-state index in [1.165, 1.54) is 6.07 Å². The first-order valence-corrected chi connectivity index (χ1v) is 11.1. The number of nitrogens with one attached hydrogen (secondary N) is 1. The van der Waals surface area contributed by atoms with E-state index in [1.807, 2.05) is 50.2 Å². The molecule has 4 rings (SSSR count). The Kier molecular flexibility index (Phi) is 6.84. The quantitative estimate of drug-likeness (QED) is 0.625. The summed E-state index contributed by atoms with van der Waals surface area (Å²) >= 11 is 0. The number of carbonyl (C=O) groups excluding carboxylic acids is 2. The van der Waals surface area contributed by atoms with Gasteiger partial charge in [-0.15, -0.1) is 0 Å². The molecule has 0 atom stereocenters. The lowest BCUT2D eigenvalue weighted by Gasteiger charge is -2.34. The van der Waals surface area contributed by atoms with E-state index in [1.54, 1.807) is 27.8 Å². The minimum atomic E-state index is -0.210. The molecule has 0 bridgehead atoms. The first-order chi connectivity index (χ1) is 15.9. The van der Waals surface area contributed by atoms with Crippen LogP contribution in [0.2, 0.25) is 0 Å². The number of benzene rings is 2. The van der Waals surface area contributed by atoms with Crippen LogP contribution in [-0.4, -0.2) is 57.6 Å². The van der Waals surface area contributed by atoms with Gasteiger partial charge in [-0.2, -0.15) is 5.10 Å². The van der Waals surface area contributed by atoms with E-state index in [4.69, 9.17) is 0 Å². The van der Waals surface area contributed by atoms with Gasteiger partial charge in [0, 0.05) is 50.3 Å². The molecular weight excluding hydrogens is 421 g/mol. The number of hydrogen-bond donors (Lipinski definition) is 1. The Hall–Kier alpha value is -3.52. The van der Waals surface area contributed by atoms with Gasteiger partial charge in [-0.05, 0) is 18.2 Å². The van der Waals surface area contributed by atoms with Crippen LogP contribution in [0.4, 0.5) is 10.2 Å². The van der Waals surface area contributed by atoms with Crippen molar-refractivity contribution in [3.63, 3.8) is 0 Å². The van der Waals surface area contributed by atoms with Gasteiger partial charge in [0.15, 0.2) is 5.69 Å². The van der Waals surface area contributed by atoms with Crippen LogP contribution in [-0.2, 0) is 11.3 Å². The molecular formula is C25H28FN5O2. The van der Waals surface area contributed by atoms with Gasteiger partial charge >= 0.3 is 0 Å². The fourth-order valence-corrected chi connectivity index (χ4v) is 3.75. The summed E-state index contributed by atoms with van der Waals surface area (Å²) in [6.45, 7) is 6.49. The molecule has 0 radical (unpaired) electrons. The Labute approximate surface area is 192 Å². The number of nitrogens with zero attached hydrogens (tertiary/aromatic N) is 4. The highest BCUT2D eigenvalue weighted by molar-refractivity contribution is 5.96. The van der Waals surface area contributed by atoms with Crippen LogP contribution in [0, 0.1) is 11.7 Å². The molecule has 172 valence electrons. The van der Waals surface area contributed by atoms with Gasteiger partial charge in [0.2, 0.25) is 5.91 Å². The molecule has 8 heteroatoms. The maximum atomic E-state index is 14.0. The molecule has 1 aliphatic rings. The van der Waals surface area contributed by atoms with Gasteiger partial charge in [-0.3, -0.25) is 14.5 Å². The van der Waals surface area contributed by atoms with E-state index < -0.39 is 0 Å². The summed E-state index contributed by atoms with van der Waals surface area (Å²) < 4.78 is 15.5. The Bertz CT molecular complexity index is 1120. The van der Waals surface area contributed by atoms with Gasteiger partial charge in [0.25, 0.3) is 5.91 Å². The Morgan fingerprint density at radius 2 is 1.67 bits per heavy atom. The van der Waals surface area contributed by atoms with E-state index in [-0.39, 0.29) is 29.2 Å². The van der Waals surface area contributed by atoms with E-state index in [9.17, 15) is 14.0 Å². The highest BCUT2D eigenvalue weighted by Gasteiger charge is 2.26. The van der Waals surface area contributed by atoms with Crippen molar-refractivity contribution >= 4 is 17.6 Å². The molecule has 2 amide bonds. The second kappa shape index (κ2) is 9.95. The number of amides is 2. The van der Waals surface area contributed by atoms with Gasteiger partial charge in [-0.25, -0.2) is 9.07 Å². The summed E-state index contributed by atoms with van der Waals surface area (Å²) in [7, 11) is 0. The summed E-state index contributed by atoms with van der Waals surface area (Å²) in [5, 5.41) is 7.39. The lowest BCUT2D eigenvalue weighted by atomic mass is 10.2. The van der Waals surface area contributed by atoms with Crippen LogP contribution >= 0.6 is 0 Å². The lowest BCUT2D eigenvalue weighted by Crippen LogP contribution is -2.48. The molecule has 1 aromatic heterocycles. The van der Waals surface area contributed by atoms with Crippen molar-refractivity contribution < 1.29 is 14.0 Å². The number of halogens is 1. The highest BCUT2D eigenvalue weighted by atomic mass is 19.1. The van der Waals surface area contributed by atoms with Crippen molar-refractivity contribution in [3.05, 3.63) is 77.7 Å². The summed E-state index contributed by atoms with van der Waals surface area (Å²) in [6, 6.07) is 17.8. The standard InChI is InChI=1S/C25H28FN5O2/c1-18(2)24(32)27-23-16-22(28-31(23)20-9-4-3-5-10-20)25(33)30-14-12-29(13-15-30)17-19-8-6-7-11-21(19)26/h3-11,16,18H,12-15,17H2,1-2H3,(H,27,32). The molecule has 7 nitrogen and oxygen atoms in total. The van der Waals surface area contributed by atoms with Crippen molar-refractivity contribution in [3.8, 4) is 5.69 Å². The number of anilines is 1. The summed E-state index contributed by atoms with van der Waals surface area (Å²) in [4.78, 5) is 29.4. The predicted molar refractivity (Wildman–Crippen MR) is 125 cm³/mol. The van der Waals surface area contributed by atoms with Crippen molar-refractivity contribution in [2.24, 2.45) is 5.92 Å². The normalized spacial score (nSPS) is 14.5. The molecule has 0 aliphatic carbocycles. The van der Waals surface area contributed by atoms with Crippen LogP contribution in [0.1, 0.15) is 29.9 Å². The maximum Gasteiger partial charge on any atom is 0.274 e.